The fourth-order valence-electron chi connectivity index (χ4n) is 4.20. The van der Waals surface area contributed by atoms with Crippen LogP contribution in [-0.2, 0) is 4.79 Å². The summed E-state index contributed by atoms with van der Waals surface area (Å²) in [4.78, 5) is 32.0. The van der Waals surface area contributed by atoms with Crippen molar-refractivity contribution in [1.29, 1.82) is 0 Å². The number of rotatable bonds is 10. The molecule has 0 spiro atoms. The van der Waals surface area contributed by atoms with Crippen molar-refractivity contribution in [3.63, 3.8) is 0 Å². The van der Waals surface area contributed by atoms with E-state index in [4.69, 9.17) is 5.11 Å². The second-order valence-corrected chi connectivity index (χ2v) is 9.67. The van der Waals surface area contributed by atoms with Crippen LogP contribution in [0.4, 0.5) is 0 Å². The van der Waals surface area contributed by atoms with Crippen LogP contribution in [0.25, 0.3) is 0 Å². The SMILES string of the molecule is C=CCN(C[C@H]1CCC(=O)N1CCSc1nc(C(=O)O)cs1)C1CCCCC1. The van der Waals surface area contributed by atoms with Gasteiger partial charge < -0.3 is 10.0 Å². The maximum absolute atomic E-state index is 12.4. The standard InChI is InChI=1S/C20H29N3O3S2/c1-2-10-22(15-6-4-3-5-7-15)13-16-8-9-18(24)23(16)11-12-27-20-21-17(14-28-20)19(25)26/h2,14-16H,1,3-13H2,(H,25,26)/t16-/m1/s1. The Bertz CT molecular complexity index is 688. The third kappa shape index (κ3) is 5.58. The van der Waals surface area contributed by atoms with E-state index in [2.05, 4.69) is 16.5 Å². The van der Waals surface area contributed by atoms with Gasteiger partial charge in [-0.15, -0.1) is 17.9 Å². The maximum Gasteiger partial charge on any atom is 0.355 e. The van der Waals surface area contributed by atoms with Crippen LogP contribution in [0.3, 0.4) is 0 Å². The lowest BCUT2D eigenvalue weighted by atomic mass is 9.93. The van der Waals surface area contributed by atoms with E-state index < -0.39 is 5.97 Å². The van der Waals surface area contributed by atoms with E-state index in [1.165, 1.54) is 55.2 Å². The van der Waals surface area contributed by atoms with Crippen molar-refractivity contribution >= 4 is 35.0 Å². The predicted molar refractivity (Wildman–Crippen MR) is 113 cm³/mol. The van der Waals surface area contributed by atoms with Gasteiger partial charge in [0.15, 0.2) is 10.0 Å². The molecule has 0 radical (unpaired) electrons. The molecule has 2 heterocycles. The van der Waals surface area contributed by atoms with Crippen molar-refractivity contribution in [2.75, 3.05) is 25.4 Å². The highest BCUT2D eigenvalue weighted by Gasteiger charge is 2.33. The third-order valence-corrected chi connectivity index (χ3v) is 7.61. The number of hydrogen-bond donors (Lipinski definition) is 1. The topological polar surface area (TPSA) is 73.7 Å². The Morgan fingerprint density at radius 1 is 1.39 bits per heavy atom. The first-order chi connectivity index (χ1) is 13.6. The van der Waals surface area contributed by atoms with Crippen LogP contribution in [0.15, 0.2) is 22.4 Å². The number of likely N-dealkylation sites (tertiary alicyclic amines) is 1. The van der Waals surface area contributed by atoms with Crippen LogP contribution in [0.2, 0.25) is 0 Å². The molecular formula is C20H29N3O3S2. The van der Waals surface area contributed by atoms with Gasteiger partial charge in [0, 0.05) is 49.3 Å². The lowest BCUT2D eigenvalue weighted by molar-refractivity contribution is -0.129. The van der Waals surface area contributed by atoms with Crippen molar-refractivity contribution < 1.29 is 14.7 Å². The molecule has 1 aliphatic carbocycles. The molecule has 28 heavy (non-hydrogen) atoms. The van der Waals surface area contributed by atoms with E-state index in [-0.39, 0.29) is 17.6 Å². The molecule has 1 saturated heterocycles. The number of aromatic carboxylic acids is 1. The minimum absolute atomic E-state index is 0.0928. The van der Waals surface area contributed by atoms with Gasteiger partial charge in [-0.1, -0.05) is 37.1 Å². The quantitative estimate of drug-likeness (QED) is 0.456. The lowest BCUT2D eigenvalue weighted by Crippen LogP contribution is -2.47. The fraction of sp³-hybridized carbons (Fsp3) is 0.650. The molecule has 0 bridgehead atoms. The van der Waals surface area contributed by atoms with Gasteiger partial charge in [-0.2, -0.15) is 0 Å². The zero-order chi connectivity index (χ0) is 19.9. The Kier molecular flexibility index (Phi) is 7.93. The summed E-state index contributed by atoms with van der Waals surface area (Å²) >= 11 is 2.87. The molecule has 1 saturated carbocycles. The van der Waals surface area contributed by atoms with Crippen LogP contribution in [0.5, 0.6) is 0 Å². The summed E-state index contributed by atoms with van der Waals surface area (Å²) < 4.78 is 0.746. The van der Waals surface area contributed by atoms with Crippen LogP contribution >= 0.6 is 23.1 Å². The summed E-state index contributed by atoms with van der Waals surface area (Å²) in [5, 5.41) is 10.5. The smallest absolute Gasteiger partial charge is 0.355 e. The molecule has 1 aromatic heterocycles. The summed E-state index contributed by atoms with van der Waals surface area (Å²) in [6.45, 7) is 6.42. The van der Waals surface area contributed by atoms with Crippen molar-refractivity contribution in [3.05, 3.63) is 23.7 Å². The summed E-state index contributed by atoms with van der Waals surface area (Å²) in [6, 6.07) is 0.879. The summed E-state index contributed by atoms with van der Waals surface area (Å²) in [7, 11) is 0. The molecule has 2 aliphatic rings. The molecular weight excluding hydrogens is 394 g/mol. The zero-order valence-electron chi connectivity index (χ0n) is 16.2. The molecule has 2 fully saturated rings. The Morgan fingerprint density at radius 3 is 2.86 bits per heavy atom. The van der Waals surface area contributed by atoms with Crippen LogP contribution in [0.1, 0.15) is 55.4 Å². The second-order valence-electron chi connectivity index (χ2n) is 7.47. The van der Waals surface area contributed by atoms with Crippen LogP contribution in [0, 0.1) is 0 Å². The molecule has 1 N–H and O–H groups in total. The molecule has 1 amide bonds. The van der Waals surface area contributed by atoms with E-state index in [1.54, 1.807) is 5.38 Å². The van der Waals surface area contributed by atoms with Crippen molar-refractivity contribution in [2.45, 2.75) is 61.4 Å². The lowest BCUT2D eigenvalue weighted by Gasteiger charge is -2.37. The van der Waals surface area contributed by atoms with Gasteiger partial charge in [-0.05, 0) is 19.3 Å². The van der Waals surface area contributed by atoms with Crippen molar-refractivity contribution in [3.8, 4) is 0 Å². The highest BCUT2D eigenvalue weighted by Crippen LogP contribution is 2.27. The molecule has 3 rings (SSSR count). The molecule has 154 valence electrons. The molecule has 8 heteroatoms. The number of thiazole rings is 1. The number of carbonyl (C=O) groups excluding carboxylic acids is 1. The number of hydrogen-bond acceptors (Lipinski definition) is 6. The minimum Gasteiger partial charge on any atom is -0.476 e. The largest absolute Gasteiger partial charge is 0.476 e. The first kappa shape index (κ1) is 21.3. The molecule has 1 aliphatic heterocycles. The van der Waals surface area contributed by atoms with E-state index in [1.807, 2.05) is 11.0 Å². The zero-order valence-corrected chi connectivity index (χ0v) is 17.8. The van der Waals surface area contributed by atoms with Crippen molar-refractivity contribution in [1.82, 2.24) is 14.8 Å². The number of carboxylic acid groups (broad SMARTS) is 1. The number of carbonyl (C=O) groups is 2. The first-order valence-electron chi connectivity index (χ1n) is 10.0. The van der Waals surface area contributed by atoms with Gasteiger partial charge in [0.05, 0.1) is 0 Å². The molecule has 0 aromatic carbocycles. The Balaban J connectivity index is 1.53. The maximum atomic E-state index is 12.4. The predicted octanol–water partition coefficient (Wildman–Crippen LogP) is 3.75. The molecule has 1 atom stereocenters. The van der Waals surface area contributed by atoms with Gasteiger partial charge in [0.1, 0.15) is 0 Å². The number of aromatic nitrogens is 1. The first-order valence-corrected chi connectivity index (χ1v) is 11.9. The van der Waals surface area contributed by atoms with Gasteiger partial charge in [0.25, 0.3) is 0 Å². The average molecular weight is 424 g/mol. The normalized spacial score (nSPS) is 20.8. The third-order valence-electron chi connectivity index (χ3n) is 5.61. The average Bonchev–Trinajstić information content (AvgIpc) is 3.30. The van der Waals surface area contributed by atoms with E-state index >= 15 is 0 Å². The van der Waals surface area contributed by atoms with E-state index in [9.17, 15) is 9.59 Å². The summed E-state index contributed by atoms with van der Waals surface area (Å²) in [6.07, 6.45) is 9.97. The second kappa shape index (κ2) is 10.4. The number of thioether (sulfide) groups is 1. The van der Waals surface area contributed by atoms with Gasteiger partial charge >= 0.3 is 5.97 Å². The molecule has 1 aromatic rings. The Hall–Kier alpha value is -1.38. The highest BCUT2D eigenvalue weighted by atomic mass is 32.2. The Labute approximate surface area is 175 Å². The van der Waals surface area contributed by atoms with Crippen molar-refractivity contribution in [2.24, 2.45) is 0 Å². The van der Waals surface area contributed by atoms with E-state index in [0.717, 1.165) is 29.6 Å². The molecule has 0 unspecified atom stereocenters. The number of carboxylic acids is 1. The summed E-state index contributed by atoms with van der Waals surface area (Å²) in [5.41, 5.74) is 0.0928. The van der Waals surface area contributed by atoms with Gasteiger partial charge in [-0.25, -0.2) is 9.78 Å². The van der Waals surface area contributed by atoms with Gasteiger partial charge in [-0.3, -0.25) is 9.69 Å². The fourth-order valence-corrected chi connectivity index (χ4v) is 6.01. The van der Waals surface area contributed by atoms with E-state index in [0.29, 0.717) is 19.0 Å². The summed E-state index contributed by atoms with van der Waals surface area (Å²) in [5.74, 6) is -0.0271. The monoisotopic (exact) mass is 423 g/mol. The Morgan fingerprint density at radius 2 is 2.18 bits per heavy atom. The minimum atomic E-state index is -0.997. The number of amides is 1. The molecule has 6 nitrogen and oxygen atoms in total. The van der Waals surface area contributed by atoms with Gasteiger partial charge in [0.2, 0.25) is 5.91 Å². The van der Waals surface area contributed by atoms with Crippen LogP contribution in [-0.4, -0.2) is 69.2 Å². The van der Waals surface area contributed by atoms with Crippen LogP contribution < -0.4 is 0 Å². The highest BCUT2D eigenvalue weighted by molar-refractivity contribution is 8.01. The number of nitrogens with zero attached hydrogens (tertiary/aromatic N) is 3.